The fourth-order valence-corrected chi connectivity index (χ4v) is 14.8. The van der Waals surface area contributed by atoms with Crippen LogP contribution in [0, 0.1) is 106 Å². The van der Waals surface area contributed by atoms with Crippen molar-refractivity contribution in [2.75, 3.05) is 0 Å². The van der Waals surface area contributed by atoms with Crippen LogP contribution in [-0.2, 0) is 21.7 Å². The Hall–Kier alpha value is -5.46. The smallest absolute Gasteiger partial charge is 0.00669 e. The third-order valence-electron chi connectivity index (χ3n) is 19.1. The molecule has 0 nitrogen and oxygen atoms in total. The van der Waals surface area contributed by atoms with Crippen LogP contribution in [0.2, 0.25) is 0 Å². The van der Waals surface area contributed by atoms with Crippen molar-refractivity contribution in [2.45, 2.75) is 325 Å². The van der Waals surface area contributed by atoms with Gasteiger partial charge in [-0.15, -0.1) is 0 Å². The van der Waals surface area contributed by atoms with Crippen molar-refractivity contribution in [3.8, 4) is 0 Å². The topological polar surface area (TPSA) is 0 Å². The van der Waals surface area contributed by atoms with E-state index in [1.807, 2.05) is 0 Å². The van der Waals surface area contributed by atoms with Gasteiger partial charge in [0.15, 0.2) is 0 Å². The first-order valence-corrected chi connectivity index (χ1v) is 35.1. The monoisotopic (exact) mass is 1260 g/mol. The maximum Gasteiger partial charge on any atom is -0.00669 e. The van der Waals surface area contributed by atoms with Gasteiger partial charge in [-0.3, -0.25) is 0 Å². The first kappa shape index (κ1) is 85.6. The average molecular weight is 1260 g/mol. The summed E-state index contributed by atoms with van der Waals surface area (Å²) in [5.74, 6) is 0. The van der Waals surface area contributed by atoms with E-state index in [-0.39, 0.29) is 37.9 Å². The van der Waals surface area contributed by atoms with E-state index in [9.17, 15) is 0 Å². The number of rotatable bonds is 0. The largest absolute Gasteiger partial charge is 0.0952 e. The molecular weight excluding hydrogens is 1120 g/mol. The first-order chi connectivity index (χ1) is 41.6. The van der Waals surface area contributed by atoms with Crippen LogP contribution in [0.5, 0.6) is 0 Å². The van der Waals surface area contributed by atoms with E-state index >= 15 is 0 Å². The van der Waals surface area contributed by atoms with Crippen molar-refractivity contribution in [1.82, 2.24) is 0 Å². The van der Waals surface area contributed by atoms with Gasteiger partial charge in [-0.2, -0.15) is 0 Å². The van der Waals surface area contributed by atoms with Gasteiger partial charge < -0.3 is 0 Å². The molecule has 0 aliphatic heterocycles. The van der Waals surface area contributed by atoms with Gasteiger partial charge in [-0.1, -0.05) is 248 Å². The maximum atomic E-state index is 4.21. The van der Waals surface area contributed by atoms with E-state index in [1.165, 1.54) is 167 Å². The van der Waals surface area contributed by atoms with Gasteiger partial charge in [0.2, 0.25) is 0 Å². The zero-order valence-electron chi connectivity index (χ0n) is 68.9. The normalized spacial score (nSPS) is 15.0. The molecule has 93 heavy (non-hydrogen) atoms. The lowest BCUT2D eigenvalue weighted by molar-refractivity contribution is 0.501. The quantitative estimate of drug-likeness (QED) is 0.165. The third-order valence-corrected chi connectivity index (χ3v) is 19.1. The SMILES string of the molecule is C=C1CC(C)=C(C)C(C)=C1C(C)(C)C.C=C1CC(C)=C(C)C=C1C(C)(C)C.C=C1CC(C)=CC(C)=C1C(C)(C)C.Cc1cc(C)c(C(C)(C)C)c(C)c1.Cc1cc(C)c(C(C)(C)C)c(C)c1C.Cc1cc(C)c(C(C)(C)C)cc1C.Cc1cc(C)c(C(C)(C)C)cc1C. The van der Waals surface area contributed by atoms with Crippen LogP contribution in [0.3, 0.4) is 0 Å². The highest BCUT2D eigenvalue weighted by Crippen LogP contribution is 2.43. The van der Waals surface area contributed by atoms with Crippen molar-refractivity contribution in [3.05, 3.63) is 241 Å². The molecule has 4 aromatic carbocycles. The molecule has 0 radical (unpaired) electrons. The lowest BCUT2D eigenvalue weighted by atomic mass is 9.73. The van der Waals surface area contributed by atoms with Crippen molar-refractivity contribution in [3.63, 3.8) is 0 Å². The zero-order chi connectivity index (χ0) is 73.3. The summed E-state index contributed by atoms with van der Waals surface area (Å²) >= 11 is 0. The number of hydrogen-bond donors (Lipinski definition) is 0. The van der Waals surface area contributed by atoms with Gasteiger partial charge >= 0.3 is 0 Å². The van der Waals surface area contributed by atoms with Gasteiger partial charge in [-0.05, 0) is 335 Å². The Morgan fingerprint density at radius 2 is 0.624 bits per heavy atom. The molecule has 4 aromatic rings. The average Bonchev–Trinajstić information content (AvgIpc) is 0.828. The minimum absolute atomic E-state index is 0.225. The van der Waals surface area contributed by atoms with E-state index in [2.05, 4.69) is 358 Å². The Morgan fingerprint density at radius 1 is 0.269 bits per heavy atom. The minimum atomic E-state index is 0.225. The molecule has 0 unspecified atom stereocenters. The van der Waals surface area contributed by atoms with Gasteiger partial charge in [0.1, 0.15) is 0 Å². The molecule has 0 saturated heterocycles. The predicted molar refractivity (Wildman–Crippen MR) is 426 cm³/mol. The molecule has 7 rings (SSSR count). The second kappa shape index (κ2) is 33.0. The van der Waals surface area contributed by atoms with Gasteiger partial charge in [0.25, 0.3) is 0 Å². The van der Waals surface area contributed by atoms with Crippen molar-refractivity contribution in [1.29, 1.82) is 0 Å². The summed E-state index contributed by atoms with van der Waals surface area (Å²) in [7, 11) is 0. The summed E-state index contributed by atoms with van der Waals surface area (Å²) in [6.07, 6.45) is 7.73. The molecule has 0 spiro atoms. The van der Waals surface area contributed by atoms with Gasteiger partial charge in [0, 0.05) is 0 Å². The third kappa shape index (κ3) is 25.2. The summed E-state index contributed by atoms with van der Waals surface area (Å²) in [5.41, 5.74) is 44.3. The Morgan fingerprint density at radius 3 is 0.978 bits per heavy atom. The van der Waals surface area contributed by atoms with E-state index in [4.69, 9.17) is 0 Å². The first-order valence-electron chi connectivity index (χ1n) is 35.1. The van der Waals surface area contributed by atoms with Crippen LogP contribution in [0.15, 0.2) is 147 Å². The summed E-state index contributed by atoms with van der Waals surface area (Å²) in [6, 6.07) is 16.1. The molecule has 0 bridgehead atoms. The van der Waals surface area contributed by atoms with Crippen LogP contribution in [-0.4, -0.2) is 0 Å². The highest BCUT2D eigenvalue weighted by Gasteiger charge is 2.28. The summed E-state index contributed by atoms with van der Waals surface area (Å²) in [5, 5.41) is 0. The molecular formula is C93H144. The second-order valence-electron chi connectivity index (χ2n) is 36.0. The van der Waals surface area contributed by atoms with Crippen LogP contribution < -0.4 is 0 Å². The fraction of sp³-hybridized carbons (Fsp3) is 0.548. The lowest BCUT2D eigenvalue weighted by Crippen LogP contribution is -2.17. The standard InChI is InChI=1S/2C14H22.5C13H20/c2*1-9-8-10(2)13(14(5,6)7)12(4)11(9)3;3*1-9-7-11(3)12(8-10(9)2)13(4,5)6;2*1-9-7-10(2)12(11(3)8-9)13(4,5)6/h8H,1-7H3;2,8H2,1,3-7H3;2*7-8H,1-6H3;8H,3,7H2,1-2,4-6H3;7-8H,1-6H3;8H,2,7H2,1,3-6H3. The molecule has 3 aliphatic rings. The molecule has 0 atom stereocenters. The van der Waals surface area contributed by atoms with Crippen LogP contribution in [0.1, 0.15) is 308 Å². The summed E-state index contributed by atoms with van der Waals surface area (Å²) in [4.78, 5) is 0. The molecule has 0 amide bonds. The molecule has 3 aliphatic carbocycles. The number of allylic oxidation sites excluding steroid dienone is 15. The molecule has 0 fully saturated rings. The van der Waals surface area contributed by atoms with Gasteiger partial charge in [-0.25, -0.2) is 0 Å². The fourth-order valence-electron chi connectivity index (χ4n) is 14.8. The molecule has 0 saturated carbocycles. The number of hydrogen-bond acceptors (Lipinski definition) is 0. The number of aryl methyl sites for hydroxylation is 11. The highest BCUT2D eigenvalue weighted by atomic mass is 14.3. The second-order valence-corrected chi connectivity index (χ2v) is 36.0. The molecule has 516 valence electrons. The zero-order valence-corrected chi connectivity index (χ0v) is 68.9. The van der Waals surface area contributed by atoms with Crippen molar-refractivity contribution in [2.24, 2.45) is 16.2 Å². The van der Waals surface area contributed by atoms with Crippen LogP contribution >= 0.6 is 0 Å². The number of benzene rings is 4. The van der Waals surface area contributed by atoms with Crippen LogP contribution in [0.25, 0.3) is 0 Å². The van der Waals surface area contributed by atoms with E-state index < -0.39 is 0 Å². The van der Waals surface area contributed by atoms with E-state index in [0.717, 1.165) is 19.3 Å². The highest BCUT2D eigenvalue weighted by molar-refractivity contribution is 5.53. The summed E-state index contributed by atoms with van der Waals surface area (Å²) < 4.78 is 0. The molecule has 0 heterocycles. The van der Waals surface area contributed by atoms with Crippen LogP contribution in [0.4, 0.5) is 0 Å². The minimum Gasteiger partial charge on any atom is -0.0952 e. The van der Waals surface area contributed by atoms with E-state index in [0.29, 0.717) is 0 Å². The Bertz CT molecular complexity index is 3450. The lowest BCUT2D eigenvalue weighted by Gasteiger charge is -2.32. The van der Waals surface area contributed by atoms with Crippen molar-refractivity contribution < 1.29 is 0 Å². The summed E-state index contributed by atoms with van der Waals surface area (Å²) in [6.45, 7) is 104. The molecule has 0 heteroatoms. The van der Waals surface area contributed by atoms with Crippen molar-refractivity contribution >= 4 is 0 Å². The predicted octanol–water partition coefficient (Wildman–Crippen LogP) is 29.1. The molecule has 0 N–H and O–H groups in total. The maximum absolute atomic E-state index is 4.21. The Labute approximate surface area is 579 Å². The van der Waals surface area contributed by atoms with E-state index in [1.54, 1.807) is 0 Å². The molecule has 0 aromatic heterocycles. The van der Waals surface area contributed by atoms with Gasteiger partial charge in [0.05, 0.1) is 0 Å². The Kier molecular flexibility index (Phi) is 30.3. The Balaban J connectivity index is 0.000000543.